The van der Waals surface area contributed by atoms with E-state index in [4.69, 9.17) is 14.2 Å². The lowest BCUT2D eigenvalue weighted by Crippen LogP contribution is -2.30. The highest BCUT2D eigenvalue weighted by Crippen LogP contribution is 2.29. The van der Waals surface area contributed by atoms with Crippen molar-refractivity contribution in [1.82, 2.24) is 25.2 Å². The standard InChI is InChI=1S/C24H29N5O4/c1-31-23-3-2-19-24(28-23)16(4-6-26-19)5-7-29-14-17(20(30)15-29)11-25-12-18-10-21-22(13-27-18)33-9-8-32-21/h2-4,6,10,13,17,20,25,30H,5,7-9,11-12,14-15H2,1H3/t17-,20+/m0/s1. The van der Waals surface area contributed by atoms with Gasteiger partial charge in [0, 0.05) is 57.0 Å². The molecule has 0 aliphatic carbocycles. The Morgan fingerprint density at radius 2 is 2.03 bits per heavy atom. The number of aliphatic hydroxyl groups is 1. The van der Waals surface area contributed by atoms with Gasteiger partial charge in [0.15, 0.2) is 11.5 Å². The van der Waals surface area contributed by atoms with Crippen LogP contribution in [0, 0.1) is 5.92 Å². The van der Waals surface area contributed by atoms with Crippen LogP contribution in [0.3, 0.4) is 0 Å². The summed E-state index contributed by atoms with van der Waals surface area (Å²) in [7, 11) is 1.62. The molecule has 0 radical (unpaired) electrons. The van der Waals surface area contributed by atoms with Crippen molar-refractivity contribution in [2.24, 2.45) is 5.92 Å². The summed E-state index contributed by atoms with van der Waals surface area (Å²) in [6, 6.07) is 7.69. The van der Waals surface area contributed by atoms with E-state index in [1.807, 2.05) is 30.5 Å². The van der Waals surface area contributed by atoms with Crippen LogP contribution >= 0.6 is 0 Å². The minimum absolute atomic E-state index is 0.176. The van der Waals surface area contributed by atoms with Gasteiger partial charge in [-0.1, -0.05) is 0 Å². The molecule has 3 aromatic rings. The van der Waals surface area contributed by atoms with Crippen LogP contribution in [-0.2, 0) is 13.0 Å². The third-order valence-electron chi connectivity index (χ3n) is 6.23. The molecule has 2 aliphatic rings. The summed E-state index contributed by atoms with van der Waals surface area (Å²) >= 11 is 0. The minimum Gasteiger partial charge on any atom is -0.486 e. The Morgan fingerprint density at radius 3 is 2.91 bits per heavy atom. The maximum Gasteiger partial charge on any atom is 0.213 e. The molecule has 0 bridgehead atoms. The Balaban J connectivity index is 1.13. The highest BCUT2D eigenvalue weighted by atomic mass is 16.6. The molecule has 2 N–H and O–H groups in total. The lowest BCUT2D eigenvalue weighted by Gasteiger charge is -2.19. The zero-order valence-corrected chi connectivity index (χ0v) is 18.7. The number of pyridine rings is 3. The van der Waals surface area contributed by atoms with Gasteiger partial charge in [-0.2, -0.15) is 0 Å². The first-order valence-electron chi connectivity index (χ1n) is 11.3. The van der Waals surface area contributed by atoms with Crippen LogP contribution in [0.15, 0.2) is 36.7 Å². The number of β-amino-alcohol motifs (C(OH)–C–C–N with tert-alkyl or cyclic N) is 1. The van der Waals surface area contributed by atoms with Crippen LogP contribution < -0.4 is 19.5 Å². The number of aromatic nitrogens is 3. The summed E-state index contributed by atoms with van der Waals surface area (Å²) < 4.78 is 16.4. The number of aliphatic hydroxyl groups excluding tert-OH is 1. The van der Waals surface area contributed by atoms with Crippen molar-refractivity contribution in [3.8, 4) is 17.4 Å². The van der Waals surface area contributed by atoms with Gasteiger partial charge < -0.3 is 29.5 Å². The highest BCUT2D eigenvalue weighted by molar-refractivity contribution is 5.78. The number of rotatable bonds is 8. The fraction of sp³-hybridized carbons (Fsp3) is 0.458. The fourth-order valence-electron chi connectivity index (χ4n) is 4.45. The zero-order chi connectivity index (χ0) is 22.6. The topological polar surface area (TPSA) is 102 Å². The second-order valence-corrected chi connectivity index (χ2v) is 8.48. The fourth-order valence-corrected chi connectivity index (χ4v) is 4.45. The van der Waals surface area contributed by atoms with Crippen molar-refractivity contribution in [2.75, 3.05) is 46.5 Å². The second-order valence-electron chi connectivity index (χ2n) is 8.48. The number of fused-ring (bicyclic) bond motifs is 2. The molecule has 0 spiro atoms. The predicted octanol–water partition coefficient (Wildman–Crippen LogP) is 1.43. The molecule has 1 saturated heterocycles. The average Bonchev–Trinajstić information content (AvgIpc) is 3.21. The van der Waals surface area contributed by atoms with Gasteiger partial charge in [-0.15, -0.1) is 0 Å². The number of ether oxygens (including phenoxy) is 3. The lowest BCUT2D eigenvalue weighted by atomic mass is 10.1. The number of hydrogen-bond donors (Lipinski definition) is 2. The maximum atomic E-state index is 10.6. The van der Waals surface area contributed by atoms with Crippen molar-refractivity contribution < 1.29 is 19.3 Å². The molecule has 5 rings (SSSR count). The van der Waals surface area contributed by atoms with E-state index in [0.29, 0.717) is 37.9 Å². The molecule has 5 heterocycles. The Labute approximate surface area is 192 Å². The number of hydrogen-bond acceptors (Lipinski definition) is 9. The Morgan fingerprint density at radius 1 is 1.15 bits per heavy atom. The SMILES string of the molecule is COc1ccc2nccc(CCN3C[C@H](CNCc4cc5c(cn4)OCCO5)[C@H](O)C3)c2n1. The largest absolute Gasteiger partial charge is 0.486 e. The molecular weight excluding hydrogens is 422 g/mol. The van der Waals surface area contributed by atoms with E-state index in [1.54, 1.807) is 13.3 Å². The Kier molecular flexibility index (Phi) is 6.52. The minimum atomic E-state index is -0.349. The van der Waals surface area contributed by atoms with Crippen molar-refractivity contribution in [1.29, 1.82) is 0 Å². The monoisotopic (exact) mass is 451 g/mol. The summed E-state index contributed by atoms with van der Waals surface area (Å²) in [5, 5.41) is 14.0. The van der Waals surface area contributed by atoms with Gasteiger partial charge in [-0.25, -0.2) is 4.98 Å². The Bertz CT molecular complexity index is 1110. The van der Waals surface area contributed by atoms with Gasteiger partial charge in [-0.3, -0.25) is 9.97 Å². The summed E-state index contributed by atoms with van der Waals surface area (Å²) in [6.45, 7) is 4.85. The Hall–Kier alpha value is -3.01. The van der Waals surface area contributed by atoms with Gasteiger partial charge >= 0.3 is 0 Å². The summed E-state index contributed by atoms with van der Waals surface area (Å²) in [4.78, 5) is 15.7. The van der Waals surface area contributed by atoms with Crippen LogP contribution in [0.4, 0.5) is 0 Å². The molecule has 3 aromatic heterocycles. The van der Waals surface area contributed by atoms with Crippen molar-refractivity contribution in [3.63, 3.8) is 0 Å². The molecular formula is C24H29N5O4. The van der Waals surface area contributed by atoms with Gasteiger partial charge in [-0.05, 0) is 24.1 Å². The molecule has 1 fully saturated rings. The number of likely N-dealkylation sites (tertiary alicyclic amines) is 1. The number of nitrogens with zero attached hydrogens (tertiary/aromatic N) is 4. The van der Waals surface area contributed by atoms with Crippen LogP contribution in [0.2, 0.25) is 0 Å². The molecule has 2 aliphatic heterocycles. The van der Waals surface area contributed by atoms with Crippen molar-refractivity contribution in [2.45, 2.75) is 19.1 Å². The predicted molar refractivity (Wildman–Crippen MR) is 123 cm³/mol. The molecule has 0 unspecified atom stereocenters. The van der Waals surface area contributed by atoms with E-state index in [2.05, 4.69) is 25.2 Å². The van der Waals surface area contributed by atoms with Crippen LogP contribution in [-0.4, -0.2) is 77.6 Å². The first kappa shape index (κ1) is 21.8. The van der Waals surface area contributed by atoms with E-state index in [0.717, 1.165) is 54.1 Å². The molecule has 0 amide bonds. The first-order valence-corrected chi connectivity index (χ1v) is 11.3. The molecule has 0 saturated carbocycles. The second kappa shape index (κ2) is 9.86. The van der Waals surface area contributed by atoms with Gasteiger partial charge in [0.05, 0.1) is 36.1 Å². The number of nitrogens with one attached hydrogen (secondary N) is 1. The molecule has 9 nitrogen and oxygen atoms in total. The van der Waals surface area contributed by atoms with Gasteiger partial charge in [0.25, 0.3) is 0 Å². The van der Waals surface area contributed by atoms with Crippen LogP contribution in [0.5, 0.6) is 17.4 Å². The summed E-state index contributed by atoms with van der Waals surface area (Å²) in [5.74, 6) is 2.21. The molecule has 2 atom stereocenters. The normalized spacial score (nSPS) is 20.3. The third-order valence-corrected chi connectivity index (χ3v) is 6.23. The van der Waals surface area contributed by atoms with E-state index in [-0.39, 0.29) is 12.0 Å². The number of methoxy groups -OCH3 is 1. The van der Waals surface area contributed by atoms with Crippen LogP contribution in [0.1, 0.15) is 11.3 Å². The molecule has 174 valence electrons. The molecule has 9 heteroatoms. The third kappa shape index (κ3) is 5.00. The van der Waals surface area contributed by atoms with Gasteiger partial charge in [0.1, 0.15) is 13.2 Å². The van der Waals surface area contributed by atoms with Gasteiger partial charge in [0.2, 0.25) is 5.88 Å². The quantitative estimate of drug-likeness (QED) is 0.527. The van der Waals surface area contributed by atoms with Crippen LogP contribution in [0.25, 0.3) is 11.0 Å². The lowest BCUT2D eigenvalue weighted by molar-refractivity contribution is 0.140. The maximum absolute atomic E-state index is 10.6. The van der Waals surface area contributed by atoms with Crippen molar-refractivity contribution in [3.05, 3.63) is 47.9 Å². The van der Waals surface area contributed by atoms with E-state index in [9.17, 15) is 5.11 Å². The molecule has 33 heavy (non-hydrogen) atoms. The van der Waals surface area contributed by atoms with E-state index in [1.165, 1.54) is 0 Å². The van der Waals surface area contributed by atoms with Crippen molar-refractivity contribution >= 4 is 11.0 Å². The highest BCUT2D eigenvalue weighted by Gasteiger charge is 2.30. The summed E-state index contributed by atoms with van der Waals surface area (Å²) in [6.07, 6.45) is 4.03. The smallest absolute Gasteiger partial charge is 0.213 e. The van der Waals surface area contributed by atoms with E-state index >= 15 is 0 Å². The average molecular weight is 452 g/mol. The molecule has 0 aromatic carbocycles. The van der Waals surface area contributed by atoms with E-state index < -0.39 is 0 Å². The zero-order valence-electron chi connectivity index (χ0n) is 18.7. The summed E-state index contributed by atoms with van der Waals surface area (Å²) in [5.41, 5.74) is 3.78. The first-order chi connectivity index (χ1) is 16.2.